The van der Waals surface area contributed by atoms with Gasteiger partial charge in [0.1, 0.15) is 17.4 Å². The molecule has 2 fully saturated rings. The Bertz CT molecular complexity index is 979. The number of methoxy groups -OCH3 is 1. The van der Waals surface area contributed by atoms with Crippen LogP contribution in [0.4, 0.5) is 11.4 Å². The molecule has 1 spiro atoms. The molecule has 0 unspecified atom stereocenters. The first kappa shape index (κ1) is 17.2. The molecule has 7 nitrogen and oxygen atoms in total. The van der Waals surface area contributed by atoms with E-state index in [1.165, 1.54) is 24.3 Å². The molecular formula is C19H16N4O3S. The van der Waals surface area contributed by atoms with Crippen LogP contribution in [0, 0.1) is 11.3 Å². The largest absolute Gasteiger partial charge is 0.495 e. The molecule has 1 aliphatic heterocycles. The normalized spacial score (nSPS) is 17.8. The molecule has 1 saturated carbocycles. The molecule has 1 N–H and O–H groups in total. The molecule has 1 aliphatic carbocycles. The van der Waals surface area contributed by atoms with Crippen LogP contribution in [0.1, 0.15) is 24.8 Å². The van der Waals surface area contributed by atoms with E-state index in [1.807, 2.05) is 4.90 Å². The average molecular weight is 380 g/mol. The van der Waals surface area contributed by atoms with E-state index in [-0.39, 0.29) is 11.8 Å². The van der Waals surface area contributed by atoms with Gasteiger partial charge in [0.2, 0.25) is 5.88 Å². The van der Waals surface area contributed by atoms with Crippen molar-refractivity contribution in [3.63, 3.8) is 0 Å². The summed E-state index contributed by atoms with van der Waals surface area (Å²) < 4.78 is 5.27. The van der Waals surface area contributed by atoms with Crippen LogP contribution in [0.15, 0.2) is 36.5 Å². The number of rotatable bonds is 3. The third-order valence-corrected chi connectivity index (χ3v) is 5.51. The second-order valence-corrected chi connectivity index (χ2v) is 6.88. The fourth-order valence-corrected chi connectivity index (χ4v) is 4.10. The smallest absolute Gasteiger partial charge is 0.259 e. The second-order valence-electron chi connectivity index (χ2n) is 6.51. The van der Waals surface area contributed by atoms with E-state index in [9.17, 15) is 15.2 Å². The van der Waals surface area contributed by atoms with E-state index in [4.69, 9.17) is 17.0 Å². The van der Waals surface area contributed by atoms with E-state index in [2.05, 4.69) is 11.1 Å². The first-order valence-electron chi connectivity index (χ1n) is 8.44. The highest BCUT2D eigenvalue weighted by Crippen LogP contribution is 2.48. The zero-order valence-corrected chi connectivity index (χ0v) is 15.4. The summed E-state index contributed by atoms with van der Waals surface area (Å²) in [5.41, 5.74) is 0.878. The molecule has 2 aromatic rings. The first-order valence-corrected chi connectivity index (χ1v) is 8.84. The lowest BCUT2D eigenvalue weighted by Gasteiger charge is -2.42. The summed E-state index contributed by atoms with van der Waals surface area (Å²) in [6.07, 6.45) is 3.83. The van der Waals surface area contributed by atoms with Gasteiger partial charge in [-0.3, -0.25) is 9.69 Å². The Balaban J connectivity index is 1.80. The highest BCUT2D eigenvalue weighted by Gasteiger charge is 2.59. The molecule has 0 radical (unpaired) electrons. The minimum Gasteiger partial charge on any atom is -0.495 e. The minimum absolute atomic E-state index is 0.0912. The third-order valence-electron chi connectivity index (χ3n) is 5.15. The fraction of sp³-hybridized carbons (Fsp3) is 0.263. The Kier molecular flexibility index (Phi) is 3.97. The number of thiocarbonyl (C=S) groups is 1. The first-order chi connectivity index (χ1) is 13.0. The van der Waals surface area contributed by atoms with E-state index in [0.717, 1.165) is 6.42 Å². The average Bonchev–Trinajstić information content (AvgIpc) is 2.89. The number of carbonyl (C=O) groups excluding carboxylic acids is 1. The standard InChI is InChI=1S/C19H16N4O3S/c1-26-15-9-13(4-3-12(15)10-20)22-17(25)19(7-2-8-19)23(18(22)27)14-5-6-16(24)21-11-14/h3-6,9,11H,2,7-8H2,1H3,(H,21,24). The number of anilines is 2. The van der Waals surface area contributed by atoms with Crippen LogP contribution >= 0.6 is 12.2 Å². The van der Waals surface area contributed by atoms with Crippen molar-refractivity contribution in [2.75, 3.05) is 16.9 Å². The lowest BCUT2D eigenvalue weighted by molar-refractivity contribution is -0.123. The summed E-state index contributed by atoms with van der Waals surface area (Å²) in [5.74, 6) is 0.197. The van der Waals surface area contributed by atoms with Gasteiger partial charge in [-0.2, -0.15) is 5.26 Å². The molecule has 1 amide bonds. The van der Waals surface area contributed by atoms with Gasteiger partial charge in [0.05, 0.1) is 30.2 Å². The Labute approximate surface area is 161 Å². The molecule has 1 aromatic heterocycles. The third kappa shape index (κ3) is 2.43. The predicted molar refractivity (Wildman–Crippen MR) is 103 cm³/mol. The van der Waals surface area contributed by atoms with Crippen LogP contribution in [-0.4, -0.2) is 33.8 Å². The minimum atomic E-state index is -0.725. The van der Waals surface area contributed by atoms with Gasteiger partial charge in [-0.1, -0.05) is 0 Å². The van der Waals surface area contributed by atoms with Crippen LogP contribution in [0.2, 0.25) is 0 Å². The maximum atomic E-state index is 13.3. The summed E-state index contributed by atoms with van der Waals surface area (Å²) in [6.45, 7) is 0. The number of aromatic nitrogens is 1. The number of nitrogens with zero attached hydrogens (tertiary/aromatic N) is 4. The topological polar surface area (TPSA) is 89.7 Å². The second kappa shape index (κ2) is 6.21. The van der Waals surface area contributed by atoms with Crippen LogP contribution in [0.25, 0.3) is 0 Å². The number of hydrogen-bond donors (Lipinski definition) is 1. The number of hydrogen-bond acceptors (Lipinski definition) is 6. The lowest BCUT2D eigenvalue weighted by atomic mass is 9.75. The number of nitriles is 1. The quantitative estimate of drug-likeness (QED) is 0.819. The molecule has 2 heterocycles. The highest BCUT2D eigenvalue weighted by molar-refractivity contribution is 7.81. The van der Waals surface area contributed by atoms with E-state index < -0.39 is 5.54 Å². The van der Waals surface area contributed by atoms with E-state index >= 15 is 0 Å². The number of ether oxygens (including phenoxy) is 1. The molecule has 1 saturated heterocycles. The number of pyridine rings is 1. The van der Waals surface area contributed by atoms with Gasteiger partial charge in [-0.15, -0.1) is 0 Å². The summed E-state index contributed by atoms with van der Waals surface area (Å²) in [4.78, 5) is 20.6. The van der Waals surface area contributed by atoms with Crippen molar-refractivity contribution >= 4 is 34.6 Å². The molecule has 136 valence electrons. The number of carbonyl (C=O) groups is 1. The Morgan fingerprint density at radius 3 is 2.59 bits per heavy atom. The van der Waals surface area contributed by atoms with Crippen molar-refractivity contribution < 1.29 is 14.6 Å². The predicted octanol–water partition coefficient (Wildman–Crippen LogP) is 2.73. The maximum Gasteiger partial charge on any atom is 0.259 e. The van der Waals surface area contributed by atoms with Crippen molar-refractivity contribution in [3.05, 3.63) is 42.1 Å². The number of amides is 1. The van der Waals surface area contributed by atoms with Gasteiger partial charge in [0.15, 0.2) is 5.11 Å². The zero-order chi connectivity index (χ0) is 19.2. The Hall–Kier alpha value is -3.18. The van der Waals surface area contributed by atoms with Gasteiger partial charge in [0.25, 0.3) is 5.91 Å². The van der Waals surface area contributed by atoms with Gasteiger partial charge in [0, 0.05) is 12.1 Å². The zero-order valence-electron chi connectivity index (χ0n) is 14.5. The SMILES string of the molecule is COc1cc(N2C(=O)C3(CCC3)N(c3ccc(O)nc3)C2=S)ccc1C#N. The monoisotopic (exact) mass is 380 g/mol. The lowest BCUT2D eigenvalue weighted by Crippen LogP contribution is -2.55. The molecule has 0 atom stereocenters. The molecule has 8 heteroatoms. The van der Waals surface area contributed by atoms with Crippen molar-refractivity contribution in [3.8, 4) is 17.7 Å². The van der Waals surface area contributed by atoms with Crippen LogP contribution in [0.5, 0.6) is 11.6 Å². The maximum absolute atomic E-state index is 13.3. The van der Waals surface area contributed by atoms with Crippen molar-refractivity contribution in [1.29, 1.82) is 5.26 Å². The molecule has 4 rings (SSSR count). The molecule has 0 bridgehead atoms. The Morgan fingerprint density at radius 1 is 1.30 bits per heavy atom. The summed E-state index contributed by atoms with van der Waals surface area (Å²) >= 11 is 5.66. The highest BCUT2D eigenvalue weighted by atomic mass is 32.1. The summed E-state index contributed by atoms with van der Waals surface area (Å²) in [7, 11) is 1.48. The van der Waals surface area contributed by atoms with Crippen molar-refractivity contribution in [2.45, 2.75) is 24.8 Å². The number of benzene rings is 1. The van der Waals surface area contributed by atoms with Crippen LogP contribution < -0.4 is 14.5 Å². The van der Waals surface area contributed by atoms with Gasteiger partial charge in [-0.05, 0) is 49.7 Å². The van der Waals surface area contributed by atoms with E-state index in [1.54, 1.807) is 24.3 Å². The van der Waals surface area contributed by atoms with Crippen molar-refractivity contribution in [2.24, 2.45) is 0 Å². The molecule has 27 heavy (non-hydrogen) atoms. The van der Waals surface area contributed by atoms with E-state index in [0.29, 0.717) is 40.6 Å². The van der Waals surface area contributed by atoms with Gasteiger partial charge >= 0.3 is 0 Å². The van der Waals surface area contributed by atoms with Crippen LogP contribution in [0.3, 0.4) is 0 Å². The summed E-state index contributed by atoms with van der Waals surface area (Å²) in [6, 6.07) is 10.2. The molecule has 1 aromatic carbocycles. The molecule has 2 aliphatic rings. The van der Waals surface area contributed by atoms with Crippen LogP contribution in [-0.2, 0) is 4.79 Å². The van der Waals surface area contributed by atoms with Crippen molar-refractivity contribution in [1.82, 2.24) is 4.98 Å². The van der Waals surface area contributed by atoms with Gasteiger partial charge in [-0.25, -0.2) is 4.98 Å². The number of aromatic hydroxyl groups is 1. The fourth-order valence-electron chi connectivity index (χ4n) is 3.63. The Morgan fingerprint density at radius 2 is 2.04 bits per heavy atom. The summed E-state index contributed by atoms with van der Waals surface area (Å²) in [5, 5.41) is 19.0. The van der Waals surface area contributed by atoms with Gasteiger partial charge < -0.3 is 14.7 Å². The molecular weight excluding hydrogens is 364 g/mol.